The number of methoxy groups -OCH3 is 2. The Morgan fingerprint density at radius 2 is 1.35 bits per heavy atom. The SMILES string of the molecule is COc1cccc(OC)c1C(=O)Nc1ccc(SC(C)C(=O)Nc2ccccc2)cc1. The van der Waals surface area contributed by atoms with Crippen molar-refractivity contribution in [1.29, 1.82) is 0 Å². The fourth-order valence-electron chi connectivity index (χ4n) is 2.91. The number of carbonyl (C=O) groups is 2. The van der Waals surface area contributed by atoms with Crippen molar-refractivity contribution < 1.29 is 19.1 Å². The molecule has 0 saturated carbocycles. The van der Waals surface area contributed by atoms with E-state index < -0.39 is 0 Å². The molecule has 3 rings (SSSR count). The zero-order valence-corrected chi connectivity index (χ0v) is 18.4. The topological polar surface area (TPSA) is 76.7 Å². The highest BCUT2D eigenvalue weighted by Crippen LogP contribution is 2.30. The number of ether oxygens (including phenoxy) is 2. The summed E-state index contributed by atoms with van der Waals surface area (Å²) in [7, 11) is 3.01. The summed E-state index contributed by atoms with van der Waals surface area (Å²) < 4.78 is 10.6. The van der Waals surface area contributed by atoms with Gasteiger partial charge in [0, 0.05) is 16.3 Å². The first-order valence-electron chi connectivity index (χ1n) is 9.66. The van der Waals surface area contributed by atoms with Gasteiger partial charge in [-0.1, -0.05) is 24.3 Å². The summed E-state index contributed by atoms with van der Waals surface area (Å²) in [6.45, 7) is 1.85. The zero-order chi connectivity index (χ0) is 22.2. The van der Waals surface area contributed by atoms with Crippen molar-refractivity contribution in [2.75, 3.05) is 24.9 Å². The van der Waals surface area contributed by atoms with Crippen molar-refractivity contribution in [3.8, 4) is 11.5 Å². The molecule has 0 saturated heterocycles. The average Bonchev–Trinajstić information content (AvgIpc) is 2.80. The zero-order valence-electron chi connectivity index (χ0n) is 17.5. The van der Waals surface area contributed by atoms with Crippen molar-refractivity contribution in [1.82, 2.24) is 0 Å². The monoisotopic (exact) mass is 436 g/mol. The molecule has 0 aliphatic carbocycles. The van der Waals surface area contributed by atoms with Gasteiger partial charge >= 0.3 is 0 Å². The Kier molecular flexibility index (Phi) is 7.56. The van der Waals surface area contributed by atoms with E-state index in [-0.39, 0.29) is 17.1 Å². The molecule has 7 heteroatoms. The molecule has 1 atom stereocenters. The lowest BCUT2D eigenvalue weighted by molar-refractivity contribution is -0.115. The molecule has 0 spiro atoms. The van der Waals surface area contributed by atoms with Crippen LogP contribution in [0.3, 0.4) is 0 Å². The average molecular weight is 437 g/mol. The van der Waals surface area contributed by atoms with Crippen LogP contribution >= 0.6 is 11.8 Å². The molecule has 0 heterocycles. The summed E-state index contributed by atoms with van der Waals surface area (Å²) in [6.07, 6.45) is 0. The van der Waals surface area contributed by atoms with Crippen molar-refractivity contribution in [3.63, 3.8) is 0 Å². The maximum atomic E-state index is 12.8. The number of hydrogen-bond donors (Lipinski definition) is 2. The number of para-hydroxylation sites is 1. The van der Waals surface area contributed by atoms with Gasteiger partial charge in [-0.2, -0.15) is 0 Å². The maximum Gasteiger partial charge on any atom is 0.263 e. The first-order chi connectivity index (χ1) is 15.0. The quantitative estimate of drug-likeness (QED) is 0.482. The molecule has 3 aromatic carbocycles. The molecule has 2 N–H and O–H groups in total. The number of benzene rings is 3. The summed E-state index contributed by atoms with van der Waals surface area (Å²) in [5, 5.41) is 5.48. The Hall–Kier alpha value is -3.45. The lowest BCUT2D eigenvalue weighted by Gasteiger charge is -2.14. The lowest BCUT2D eigenvalue weighted by atomic mass is 10.1. The first kappa shape index (κ1) is 22.2. The largest absolute Gasteiger partial charge is 0.496 e. The van der Waals surface area contributed by atoms with Crippen LogP contribution in [0.1, 0.15) is 17.3 Å². The van der Waals surface area contributed by atoms with Crippen LogP contribution in [0.15, 0.2) is 77.7 Å². The van der Waals surface area contributed by atoms with E-state index >= 15 is 0 Å². The van der Waals surface area contributed by atoms with Gasteiger partial charge in [0.05, 0.1) is 19.5 Å². The molecule has 0 fully saturated rings. The van der Waals surface area contributed by atoms with Crippen LogP contribution in [0.4, 0.5) is 11.4 Å². The summed E-state index contributed by atoms with van der Waals surface area (Å²) in [5.74, 6) is 0.465. The summed E-state index contributed by atoms with van der Waals surface area (Å²) in [6, 6.07) is 21.9. The molecule has 0 aliphatic heterocycles. The van der Waals surface area contributed by atoms with Crippen LogP contribution in [0.5, 0.6) is 11.5 Å². The van der Waals surface area contributed by atoms with Crippen molar-refractivity contribution >= 4 is 35.0 Å². The number of thioether (sulfide) groups is 1. The van der Waals surface area contributed by atoms with Crippen molar-refractivity contribution in [2.45, 2.75) is 17.1 Å². The number of hydrogen-bond acceptors (Lipinski definition) is 5. The van der Waals surface area contributed by atoms with Crippen molar-refractivity contribution in [2.24, 2.45) is 0 Å². The first-order valence-corrected chi connectivity index (χ1v) is 10.5. The fraction of sp³-hybridized carbons (Fsp3) is 0.167. The molecule has 2 amide bonds. The molecule has 0 bridgehead atoms. The predicted octanol–water partition coefficient (Wildman–Crippen LogP) is 5.08. The minimum Gasteiger partial charge on any atom is -0.496 e. The third-order valence-electron chi connectivity index (χ3n) is 4.49. The van der Waals surface area contributed by atoms with E-state index in [0.29, 0.717) is 22.7 Å². The second-order valence-electron chi connectivity index (χ2n) is 6.63. The van der Waals surface area contributed by atoms with E-state index in [9.17, 15) is 9.59 Å². The van der Waals surface area contributed by atoms with Gasteiger partial charge in [-0.3, -0.25) is 9.59 Å². The third kappa shape index (κ3) is 5.79. The molecular formula is C24H24N2O4S. The van der Waals surface area contributed by atoms with Gasteiger partial charge in [0.15, 0.2) is 0 Å². The van der Waals surface area contributed by atoms with E-state index in [0.717, 1.165) is 10.6 Å². The third-order valence-corrected chi connectivity index (χ3v) is 5.60. The molecule has 1 unspecified atom stereocenters. The van der Waals surface area contributed by atoms with E-state index in [2.05, 4.69) is 10.6 Å². The Morgan fingerprint density at radius 1 is 0.774 bits per heavy atom. The minimum absolute atomic E-state index is 0.0724. The van der Waals surface area contributed by atoms with Crippen LogP contribution in [-0.2, 0) is 4.79 Å². The smallest absolute Gasteiger partial charge is 0.263 e. The molecule has 3 aromatic rings. The molecule has 0 aliphatic rings. The van der Waals surface area contributed by atoms with Crippen LogP contribution in [0.2, 0.25) is 0 Å². The highest BCUT2D eigenvalue weighted by atomic mass is 32.2. The summed E-state index contributed by atoms with van der Waals surface area (Å²) >= 11 is 1.44. The number of carbonyl (C=O) groups excluding carboxylic acids is 2. The van der Waals surface area contributed by atoms with Gasteiger partial charge in [0.1, 0.15) is 17.1 Å². The van der Waals surface area contributed by atoms with E-state index in [1.54, 1.807) is 30.3 Å². The normalized spacial score (nSPS) is 11.3. The van der Waals surface area contributed by atoms with Gasteiger partial charge in [-0.05, 0) is 55.5 Å². The van der Waals surface area contributed by atoms with Crippen LogP contribution < -0.4 is 20.1 Å². The summed E-state index contributed by atoms with van der Waals surface area (Å²) in [4.78, 5) is 26.1. The van der Waals surface area contributed by atoms with Crippen LogP contribution in [0.25, 0.3) is 0 Å². The second kappa shape index (κ2) is 10.5. The molecule has 6 nitrogen and oxygen atoms in total. The number of rotatable bonds is 8. The van der Waals surface area contributed by atoms with Gasteiger partial charge in [-0.15, -0.1) is 11.8 Å². The van der Waals surface area contributed by atoms with Gasteiger partial charge < -0.3 is 20.1 Å². The number of nitrogens with one attached hydrogen (secondary N) is 2. The van der Waals surface area contributed by atoms with Crippen molar-refractivity contribution in [3.05, 3.63) is 78.4 Å². The fourth-order valence-corrected chi connectivity index (χ4v) is 3.78. The number of anilines is 2. The van der Waals surface area contributed by atoms with Crippen LogP contribution in [0, 0.1) is 0 Å². The standard InChI is InChI=1S/C24H24N2O4S/c1-16(23(27)25-17-8-5-4-6-9-17)31-19-14-12-18(13-15-19)26-24(28)22-20(29-2)10-7-11-21(22)30-3/h4-16H,1-3H3,(H,25,27)(H,26,28). The molecule has 0 aromatic heterocycles. The molecular weight excluding hydrogens is 412 g/mol. The Morgan fingerprint density at radius 3 is 1.94 bits per heavy atom. The Bertz CT molecular complexity index is 1020. The van der Waals surface area contributed by atoms with E-state index in [4.69, 9.17) is 9.47 Å². The summed E-state index contributed by atoms with van der Waals surface area (Å²) in [5.41, 5.74) is 1.73. The van der Waals surface area contributed by atoms with Crippen LogP contribution in [-0.4, -0.2) is 31.3 Å². The highest BCUT2D eigenvalue weighted by molar-refractivity contribution is 8.00. The Labute approximate surface area is 186 Å². The number of amides is 2. The molecule has 0 radical (unpaired) electrons. The minimum atomic E-state index is -0.328. The second-order valence-corrected chi connectivity index (χ2v) is 8.05. The molecule has 160 valence electrons. The predicted molar refractivity (Wildman–Crippen MR) is 124 cm³/mol. The van der Waals surface area contributed by atoms with E-state index in [1.807, 2.05) is 49.4 Å². The maximum absolute atomic E-state index is 12.8. The van der Waals surface area contributed by atoms with Gasteiger partial charge in [0.2, 0.25) is 5.91 Å². The van der Waals surface area contributed by atoms with E-state index in [1.165, 1.54) is 26.0 Å². The van der Waals surface area contributed by atoms with Gasteiger partial charge in [0.25, 0.3) is 5.91 Å². The van der Waals surface area contributed by atoms with Gasteiger partial charge in [-0.25, -0.2) is 0 Å². The lowest BCUT2D eigenvalue weighted by Crippen LogP contribution is -2.22. The Balaban J connectivity index is 1.63. The molecule has 31 heavy (non-hydrogen) atoms. The highest BCUT2D eigenvalue weighted by Gasteiger charge is 2.19.